The van der Waals surface area contributed by atoms with Gasteiger partial charge in [-0.1, -0.05) is 69.7 Å². The summed E-state index contributed by atoms with van der Waals surface area (Å²) in [4.78, 5) is 12.3. The van der Waals surface area contributed by atoms with Gasteiger partial charge in [0.15, 0.2) is 0 Å². The van der Waals surface area contributed by atoms with Gasteiger partial charge in [0, 0.05) is 5.56 Å². The number of rotatable bonds is 7. The molecule has 0 unspecified atom stereocenters. The predicted molar refractivity (Wildman–Crippen MR) is 101 cm³/mol. The molecule has 0 aliphatic rings. The first-order chi connectivity index (χ1) is 11.6. The first kappa shape index (κ1) is 17.9. The van der Waals surface area contributed by atoms with Gasteiger partial charge in [0.25, 0.3) is 5.91 Å². The first-order valence-corrected chi connectivity index (χ1v) is 8.64. The van der Waals surface area contributed by atoms with Gasteiger partial charge < -0.3 is 0 Å². The van der Waals surface area contributed by atoms with Gasteiger partial charge in [0.1, 0.15) is 0 Å². The molecule has 24 heavy (non-hydrogen) atoms. The van der Waals surface area contributed by atoms with Gasteiger partial charge in [-0.25, -0.2) is 5.43 Å². The van der Waals surface area contributed by atoms with Crippen molar-refractivity contribution < 1.29 is 4.79 Å². The summed E-state index contributed by atoms with van der Waals surface area (Å²) in [5, 5.41) is 4.38. The van der Waals surface area contributed by atoms with Crippen molar-refractivity contribution in [1.82, 2.24) is 5.43 Å². The highest BCUT2D eigenvalue weighted by atomic mass is 16.2. The predicted octanol–water partition coefficient (Wildman–Crippen LogP) is 5.13. The minimum absolute atomic E-state index is 0.171. The minimum atomic E-state index is -0.171. The molecule has 0 saturated carbocycles. The first-order valence-electron chi connectivity index (χ1n) is 8.64. The lowest BCUT2D eigenvalue weighted by Crippen LogP contribution is -2.20. The molecule has 0 fully saturated rings. The lowest BCUT2D eigenvalue weighted by atomic mass is 10.0. The van der Waals surface area contributed by atoms with Crippen LogP contribution in [-0.4, -0.2) is 11.6 Å². The number of benzene rings is 2. The Balaban J connectivity index is 2.11. The molecule has 0 atom stereocenters. The van der Waals surface area contributed by atoms with Crippen LogP contribution in [-0.2, 0) is 0 Å². The van der Waals surface area contributed by atoms with Gasteiger partial charge in [0.2, 0.25) is 0 Å². The van der Waals surface area contributed by atoms with Crippen molar-refractivity contribution >= 4 is 11.6 Å². The smallest absolute Gasteiger partial charge is 0.267 e. The topological polar surface area (TPSA) is 41.5 Å². The van der Waals surface area contributed by atoms with Crippen LogP contribution in [0.15, 0.2) is 59.7 Å². The van der Waals surface area contributed by atoms with Gasteiger partial charge in [-0.05, 0) is 42.0 Å². The van der Waals surface area contributed by atoms with Gasteiger partial charge in [-0.2, -0.15) is 5.10 Å². The van der Waals surface area contributed by atoms with Crippen LogP contribution in [0.3, 0.4) is 0 Å². The van der Waals surface area contributed by atoms with Crippen molar-refractivity contribution in [2.45, 2.75) is 46.0 Å². The second-order valence-electron chi connectivity index (χ2n) is 6.25. The van der Waals surface area contributed by atoms with Crippen LogP contribution in [0.2, 0.25) is 0 Å². The maximum Gasteiger partial charge on any atom is 0.271 e. The lowest BCUT2D eigenvalue weighted by molar-refractivity contribution is 0.0954. The van der Waals surface area contributed by atoms with E-state index in [1.54, 1.807) is 0 Å². The molecule has 2 aromatic carbocycles. The van der Waals surface area contributed by atoms with Crippen LogP contribution in [0.1, 0.15) is 67.4 Å². The molecule has 0 radical (unpaired) electrons. The Morgan fingerprint density at radius 3 is 2.25 bits per heavy atom. The molecule has 0 aromatic heterocycles. The van der Waals surface area contributed by atoms with Crippen molar-refractivity contribution in [3.63, 3.8) is 0 Å². The fraction of sp³-hybridized carbons (Fsp3) is 0.333. The molecule has 3 heteroatoms. The maximum absolute atomic E-state index is 12.3. The number of amides is 1. The van der Waals surface area contributed by atoms with E-state index in [-0.39, 0.29) is 5.91 Å². The Bertz CT molecular complexity index is 673. The summed E-state index contributed by atoms with van der Waals surface area (Å²) in [5.41, 5.74) is 6.54. The quantitative estimate of drug-likeness (QED) is 0.557. The number of carbonyl (C=O) groups excluding carboxylic acids is 1. The summed E-state index contributed by atoms with van der Waals surface area (Å²) < 4.78 is 0. The van der Waals surface area contributed by atoms with Crippen LogP contribution in [0.5, 0.6) is 0 Å². The third-order valence-electron chi connectivity index (χ3n) is 4.01. The number of unbranched alkanes of at least 4 members (excludes halogenated alkanes) is 1. The standard InChI is InChI=1S/C21H26N2O/c1-4-5-11-20(18-9-7-6-8-10-18)22-23-21(24)19-14-12-17(13-15-19)16(2)3/h6-10,12-16H,4-5,11H2,1-3H3,(H,23,24)/b22-20+. The van der Waals surface area contributed by atoms with Crippen molar-refractivity contribution in [1.29, 1.82) is 0 Å². The number of hydrogen-bond donors (Lipinski definition) is 1. The second-order valence-corrected chi connectivity index (χ2v) is 6.25. The molecule has 126 valence electrons. The molecule has 1 amide bonds. The average molecular weight is 322 g/mol. The fourth-order valence-electron chi connectivity index (χ4n) is 2.44. The average Bonchev–Trinajstić information content (AvgIpc) is 2.62. The zero-order valence-corrected chi connectivity index (χ0v) is 14.8. The fourth-order valence-corrected chi connectivity index (χ4v) is 2.44. The van der Waals surface area contributed by atoms with Crippen molar-refractivity contribution in [3.05, 3.63) is 71.3 Å². The van der Waals surface area contributed by atoms with E-state index in [9.17, 15) is 4.79 Å². The SMILES string of the molecule is CCCC/C(=N\NC(=O)c1ccc(C(C)C)cc1)c1ccccc1. The summed E-state index contributed by atoms with van der Waals surface area (Å²) in [5.74, 6) is 0.286. The van der Waals surface area contributed by atoms with Gasteiger partial charge >= 0.3 is 0 Å². The van der Waals surface area contributed by atoms with E-state index < -0.39 is 0 Å². The molecule has 0 aliphatic heterocycles. The zero-order chi connectivity index (χ0) is 17.4. The molecule has 0 saturated heterocycles. The Labute approximate surface area is 144 Å². The highest BCUT2D eigenvalue weighted by molar-refractivity contribution is 6.02. The molecular weight excluding hydrogens is 296 g/mol. The van der Waals surface area contributed by atoms with Gasteiger partial charge in [0.05, 0.1) is 5.71 Å². The number of nitrogens with zero attached hydrogens (tertiary/aromatic N) is 1. The molecule has 0 aliphatic carbocycles. The van der Waals surface area contributed by atoms with Gasteiger partial charge in [-0.3, -0.25) is 4.79 Å². The number of carbonyl (C=O) groups is 1. The van der Waals surface area contributed by atoms with Crippen LogP contribution in [0.4, 0.5) is 0 Å². The molecule has 2 aromatic rings. The summed E-state index contributed by atoms with van der Waals surface area (Å²) in [6.07, 6.45) is 3.00. The Hall–Kier alpha value is -2.42. The number of hydrogen-bond acceptors (Lipinski definition) is 2. The minimum Gasteiger partial charge on any atom is -0.267 e. The largest absolute Gasteiger partial charge is 0.271 e. The van der Waals surface area contributed by atoms with Crippen LogP contribution in [0, 0.1) is 0 Å². The Morgan fingerprint density at radius 2 is 1.67 bits per heavy atom. The third-order valence-corrected chi connectivity index (χ3v) is 4.01. The summed E-state index contributed by atoms with van der Waals surface area (Å²) in [6.45, 7) is 6.43. The molecule has 1 N–H and O–H groups in total. The highest BCUT2D eigenvalue weighted by Crippen LogP contribution is 2.14. The molecule has 0 heterocycles. The van der Waals surface area contributed by atoms with Crippen molar-refractivity contribution in [3.8, 4) is 0 Å². The van der Waals surface area contributed by atoms with Gasteiger partial charge in [-0.15, -0.1) is 0 Å². The number of hydrazone groups is 1. The van der Waals surface area contributed by atoms with E-state index in [4.69, 9.17) is 0 Å². The van der Waals surface area contributed by atoms with Crippen molar-refractivity contribution in [2.24, 2.45) is 5.10 Å². The maximum atomic E-state index is 12.3. The third kappa shape index (κ3) is 5.05. The Morgan fingerprint density at radius 1 is 1.00 bits per heavy atom. The number of nitrogens with one attached hydrogen (secondary N) is 1. The van der Waals surface area contributed by atoms with E-state index in [1.165, 1.54) is 5.56 Å². The monoisotopic (exact) mass is 322 g/mol. The second kappa shape index (κ2) is 9.02. The molecular formula is C21H26N2O. The summed E-state index contributed by atoms with van der Waals surface area (Å²) in [6, 6.07) is 17.7. The highest BCUT2D eigenvalue weighted by Gasteiger charge is 2.08. The van der Waals surface area contributed by atoms with E-state index >= 15 is 0 Å². The Kier molecular flexibility index (Phi) is 6.74. The normalized spacial score (nSPS) is 11.6. The molecule has 0 spiro atoms. The van der Waals surface area contributed by atoms with E-state index in [1.807, 2.05) is 54.6 Å². The molecule has 3 nitrogen and oxygen atoms in total. The zero-order valence-electron chi connectivity index (χ0n) is 14.8. The van der Waals surface area contributed by atoms with Crippen LogP contribution < -0.4 is 5.43 Å². The molecule has 2 rings (SSSR count). The van der Waals surface area contributed by atoms with Crippen LogP contribution in [0.25, 0.3) is 0 Å². The summed E-state index contributed by atoms with van der Waals surface area (Å²) in [7, 11) is 0. The van der Waals surface area contributed by atoms with Crippen LogP contribution >= 0.6 is 0 Å². The lowest BCUT2D eigenvalue weighted by Gasteiger charge is -2.08. The van der Waals surface area contributed by atoms with E-state index in [2.05, 4.69) is 31.3 Å². The van der Waals surface area contributed by atoms with Crippen molar-refractivity contribution in [2.75, 3.05) is 0 Å². The molecule has 0 bridgehead atoms. The van der Waals surface area contributed by atoms with E-state index in [0.29, 0.717) is 11.5 Å². The van der Waals surface area contributed by atoms with E-state index in [0.717, 1.165) is 30.5 Å². The summed E-state index contributed by atoms with van der Waals surface area (Å²) >= 11 is 0.